The van der Waals surface area contributed by atoms with Crippen LogP contribution in [0.15, 0.2) is 0 Å². The van der Waals surface area contributed by atoms with Crippen molar-refractivity contribution >= 4 is 6.03 Å². The van der Waals surface area contributed by atoms with E-state index in [1.165, 1.54) is 32.1 Å². The normalized spacial score (nSPS) is 26.6. The number of aliphatic hydroxyl groups excluding tert-OH is 1. The molecule has 0 bridgehead atoms. The molecule has 1 aliphatic carbocycles. The summed E-state index contributed by atoms with van der Waals surface area (Å²) >= 11 is 0. The topological polar surface area (TPSA) is 52.6 Å². The summed E-state index contributed by atoms with van der Waals surface area (Å²) in [6.45, 7) is 1.76. The van der Waals surface area contributed by atoms with Gasteiger partial charge in [-0.15, -0.1) is 0 Å². The van der Waals surface area contributed by atoms with Gasteiger partial charge in [0.15, 0.2) is 0 Å². The summed E-state index contributed by atoms with van der Waals surface area (Å²) in [7, 11) is 0. The Labute approximate surface area is 116 Å². The van der Waals surface area contributed by atoms with Crippen molar-refractivity contribution in [2.24, 2.45) is 5.92 Å². The van der Waals surface area contributed by atoms with Gasteiger partial charge in [-0.2, -0.15) is 0 Å². The largest absolute Gasteiger partial charge is 0.396 e. The first-order valence-electron chi connectivity index (χ1n) is 7.96. The fourth-order valence-electron chi connectivity index (χ4n) is 3.26. The van der Waals surface area contributed by atoms with Gasteiger partial charge in [0.2, 0.25) is 0 Å². The lowest BCUT2D eigenvalue weighted by Crippen LogP contribution is -2.49. The number of carbonyl (C=O) groups excluding carboxylic acids is 1. The van der Waals surface area contributed by atoms with Crippen LogP contribution in [-0.4, -0.2) is 41.8 Å². The van der Waals surface area contributed by atoms with Gasteiger partial charge < -0.3 is 15.3 Å². The molecule has 4 heteroatoms. The predicted octanol–water partition coefficient (Wildman–Crippen LogP) is 2.51. The number of urea groups is 1. The van der Waals surface area contributed by atoms with Crippen molar-refractivity contribution < 1.29 is 9.90 Å². The predicted molar refractivity (Wildman–Crippen MR) is 76.0 cm³/mol. The minimum Gasteiger partial charge on any atom is -0.396 e. The van der Waals surface area contributed by atoms with Crippen LogP contribution in [0.25, 0.3) is 0 Å². The first kappa shape index (κ1) is 14.6. The summed E-state index contributed by atoms with van der Waals surface area (Å²) in [4.78, 5) is 14.2. The Morgan fingerprint density at radius 2 is 1.74 bits per heavy atom. The molecule has 110 valence electrons. The van der Waals surface area contributed by atoms with Crippen LogP contribution in [0.2, 0.25) is 0 Å². The zero-order valence-electron chi connectivity index (χ0n) is 11.9. The lowest BCUT2D eigenvalue weighted by atomic mass is 9.96. The van der Waals surface area contributed by atoms with Gasteiger partial charge in [0.25, 0.3) is 0 Å². The molecule has 1 saturated heterocycles. The summed E-state index contributed by atoms with van der Waals surface area (Å²) in [5.41, 5.74) is 0. The van der Waals surface area contributed by atoms with Gasteiger partial charge in [0, 0.05) is 25.7 Å². The van der Waals surface area contributed by atoms with E-state index in [-0.39, 0.29) is 18.6 Å². The quantitative estimate of drug-likeness (QED) is 0.808. The van der Waals surface area contributed by atoms with E-state index in [1.807, 2.05) is 4.90 Å². The number of nitrogens with zero attached hydrogens (tertiary/aromatic N) is 1. The Bertz CT molecular complexity index is 275. The molecule has 0 aromatic rings. The maximum absolute atomic E-state index is 12.3. The van der Waals surface area contributed by atoms with E-state index < -0.39 is 0 Å². The Balaban J connectivity index is 1.78. The molecule has 2 amide bonds. The van der Waals surface area contributed by atoms with E-state index in [9.17, 15) is 9.90 Å². The molecule has 0 aromatic carbocycles. The fraction of sp³-hybridized carbons (Fsp3) is 0.933. The van der Waals surface area contributed by atoms with Gasteiger partial charge in [-0.05, 0) is 31.6 Å². The molecule has 2 fully saturated rings. The molecule has 0 radical (unpaired) electrons. The number of hydrogen-bond donors (Lipinski definition) is 2. The molecule has 2 N–H and O–H groups in total. The standard InChI is InChI=1S/C15H28N2O2/c18-12-13-7-6-10-17(11-13)15(19)16-14-8-4-2-1-3-5-9-14/h13-14,18H,1-12H2,(H,16,19). The Morgan fingerprint density at radius 1 is 1.05 bits per heavy atom. The molecule has 0 spiro atoms. The van der Waals surface area contributed by atoms with Crippen molar-refractivity contribution in [1.82, 2.24) is 10.2 Å². The maximum Gasteiger partial charge on any atom is 0.317 e. The third kappa shape index (κ3) is 4.68. The monoisotopic (exact) mass is 268 g/mol. The molecule has 4 nitrogen and oxygen atoms in total. The number of piperidine rings is 1. The second-order valence-corrected chi connectivity index (χ2v) is 6.13. The Hall–Kier alpha value is -0.770. The summed E-state index contributed by atoms with van der Waals surface area (Å²) in [6, 6.07) is 0.450. The molecule has 1 atom stereocenters. The lowest BCUT2D eigenvalue weighted by Gasteiger charge is -2.33. The minimum atomic E-state index is 0.0868. The smallest absolute Gasteiger partial charge is 0.317 e. The highest BCUT2D eigenvalue weighted by Gasteiger charge is 2.24. The number of hydrogen-bond acceptors (Lipinski definition) is 2. The molecule has 1 aliphatic heterocycles. The van der Waals surface area contributed by atoms with E-state index in [0.717, 1.165) is 38.8 Å². The Kier molecular flexibility index (Phi) is 5.95. The molecule has 1 saturated carbocycles. The second-order valence-electron chi connectivity index (χ2n) is 6.13. The highest BCUT2D eigenvalue weighted by Crippen LogP contribution is 2.19. The van der Waals surface area contributed by atoms with Crippen molar-refractivity contribution in [3.63, 3.8) is 0 Å². The van der Waals surface area contributed by atoms with Crippen LogP contribution in [0, 0.1) is 5.92 Å². The zero-order chi connectivity index (χ0) is 13.5. The first-order chi connectivity index (χ1) is 9.29. The average Bonchev–Trinajstić information content (AvgIpc) is 2.41. The number of rotatable bonds is 2. The lowest BCUT2D eigenvalue weighted by molar-refractivity contribution is 0.127. The molecule has 2 rings (SSSR count). The van der Waals surface area contributed by atoms with E-state index in [1.54, 1.807) is 0 Å². The van der Waals surface area contributed by atoms with Gasteiger partial charge in [-0.25, -0.2) is 4.79 Å². The van der Waals surface area contributed by atoms with E-state index in [0.29, 0.717) is 6.04 Å². The second kappa shape index (κ2) is 7.73. The number of amides is 2. The van der Waals surface area contributed by atoms with Crippen LogP contribution >= 0.6 is 0 Å². The molecule has 19 heavy (non-hydrogen) atoms. The van der Waals surface area contributed by atoms with Crippen molar-refractivity contribution in [1.29, 1.82) is 0 Å². The fourth-order valence-corrected chi connectivity index (χ4v) is 3.26. The van der Waals surface area contributed by atoms with Crippen LogP contribution in [0.1, 0.15) is 57.8 Å². The van der Waals surface area contributed by atoms with E-state index in [2.05, 4.69) is 5.32 Å². The molecular formula is C15H28N2O2. The average molecular weight is 268 g/mol. The van der Waals surface area contributed by atoms with Crippen LogP contribution < -0.4 is 5.32 Å². The zero-order valence-corrected chi connectivity index (χ0v) is 11.9. The van der Waals surface area contributed by atoms with Gasteiger partial charge in [0.05, 0.1) is 0 Å². The summed E-state index contributed by atoms with van der Waals surface area (Å²) in [6.07, 6.45) is 10.8. The Morgan fingerprint density at radius 3 is 2.42 bits per heavy atom. The van der Waals surface area contributed by atoms with Crippen LogP contribution in [0.5, 0.6) is 0 Å². The van der Waals surface area contributed by atoms with Crippen molar-refractivity contribution in [3.8, 4) is 0 Å². The van der Waals surface area contributed by atoms with E-state index >= 15 is 0 Å². The summed E-state index contributed by atoms with van der Waals surface area (Å²) in [5.74, 6) is 0.275. The highest BCUT2D eigenvalue weighted by molar-refractivity contribution is 5.74. The SMILES string of the molecule is O=C(NC1CCCCCCC1)N1CCCC(CO)C1. The third-order valence-corrected chi connectivity index (χ3v) is 4.50. The highest BCUT2D eigenvalue weighted by atomic mass is 16.3. The van der Waals surface area contributed by atoms with Crippen molar-refractivity contribution in [3.05, 3.63) is 0 Å². The van der Waals surface area contributed by atoms with Gasteiger partial charge in [-0.3, -0.25) is 0 Å². The molecule has 1 heterocycles. The van der Waals surface area contributed by atoms with Crippen LogP contribution in [-0.2, 0) is 0 Å². The minimum absolute atomic E-state index is 0.0868. The van der Waals surface area contributed by atoms with Crippen LogP contribution in [0.4, 0.5) is 4.79 Å². The molecule has 1 unspecified atom stereocenters. The van der Waals surface area contributed by atoms with Gasteiger partial charge in [0.1, 0.15) is 0 Å². The number of likely N-dealkylation sites (tertiary alicyclic amines) is 1. The van der Waals surface area contributed by atoms with Crippen molar-refractivity contribution in [2.45, 2.75) is 63.8 Å². The van der Waals surface area contributed by atoms with Crippen LogP contribution in [0.3, 0.4) is 0 Å². The van der Waals surface area contributed by atoms with Gasteiger partial charge in [-0.1, -0.05) is 32.1 Å². The van der Waals surface area contributed by atoms with Crippen molar-refractivity contribution in [2.75, 3.05) is 19.7 Å². The maximum atomic E-state index is 12.3. The summed E-state index contributed by atoms with van der Waals surface area (Å²) in [5, 5.41) is 12.4. The third-order valence-electron chi connectivity index (χ3n) is 4.50. The molecule has 2 aliphatic rings. The molecule has 0 aromatic heterocycles. The van der Waals surface area contributed by atoms with Gasteiger partial charge >= 0.3 is 6.03 Å². The number of aliphatic hydroxyl groups is 1. The van der Waals surface area contributed by atoms with E-state index in [4.69, 9.17) is 0 Å². The summed E-state index contributed by atoms with van der Waals surface area (Å²) < 4.78 is 0. The molecular weight excluding hydrogens is 240 g/mol. The first-order valence-corrected chi connectivity index (χ1v) is 7.96. The number of nitrogens with one attached hydrogen (secondary N) is 1. The number of carbonyl (C=O) groups is 1.